The van der Waals surface area contributed by atoms with Crippen molar-refractivity contribution < 1.29 is 15.3 Å². The van der Waals surface area contributed by atoms with Crippen LogP contribution in [0.4, 0.5) is 0 Å². The van der Waals surface area contributed by atoms with Crippen LogP contribution in [-0.4, -0.2) is 33.6 Å². The third-order valence-electron chi connectivity index (χ3n) is 4.09. The van der Waals surface area contributed by atoms with E-state index < -0.39 is 12.2 Å². The van der Waals surface area contributed by atoms with Crippen LogP contribution in [0.15, 0.2) is 0 Å². The average molecular weight is 200 g/mol. The fourth-order valence-corrected chi connectivity index (χ4v) is 3.26. The van der Waals surface area contributed by atoms with E-state index in [9.17, 15) is 15.3 Å². The Morgan fingerprint density at radius 3 is 2.21 bits per heavy atom. The van der Waals surface area contributed by atoms with Crippen LogP contribution in [-0.2, 0) is 0 Å². The third-order valence-corrected chi connectivity index (χ3v) is 4.09. The van der Waals surface area contributed by atoms with E-state index in [0.717, 1.165) is 25.7 Å². The van der Waals surface area contributed by atoms with Crippen LogP contribution in [0.1, 0.15) is 32.6 Å². The minimum atomic E-state index is -0.687. The van der Waals surface area contributed by atoms with Gasteiger partial charge < -0.3 is 15.3 Å². The lowest BCUT2D eigenvalue weighted by molar-refractivity contribution is -0.0881. The van der Waals surface area contributed by atoms with Crippen LogP contribution >= 0.6 is 0 Å². The van der Waals surface area contributed by atoms with Gasteiger partial charge in [-0.05, 0) is 24.7 Å². The van der Waals surface area contributed by atoms with Crippen LogP contribution in [0, 0.1) is 17.8 Å². The topological polar surface area (TPSA) is 60.7 Å². The van der Waals surface area contributed by atoms with Gasteiger partial charge in [-0.1, -0.05) is 19.8 Å². The minimum absolute atomic E-state index is 0.0724. The zero-order valence-electron chi connectivity index (χ0n) is 8.63. The Balaban J connectivity index is 2.01. The maximum absolute atomic E-state index is 9.92. The number of fused-ring (bicyclic) bond motifs is 2. The van der Waals surface area contributed by atoms with E-state index in [1.54, 1.807) is 0 Å². The van der Waals surface area contributed by atoms with Crippen molar-refractivity contribution in [2.24, 2.45) is 17.8 Å². The number of unbranched alkanes of at least 4 members (excludes halogenated alkanes) is 1. The molecule has 0 aromatic heterocycles. The fraction of sp³-hybridized carbons (Fsp3) is 1.00. The molecule has 2 fully saturated rings. The molecule has 2 aliphatic rings. The molecular formula is C11H20O3. The van der Waals surface area contributed by atoms with Gasteiger partial charge >= 0.3 is 0 Å². The second kappa shape index (κ2) is 3.80. The van der Waals surface area contributed by atoms with Gasteiger partial charge in [-0.15, -0.1) is 0 Å². The van der Waals surface area contributed by atoms with E-state index in [1.165, 1.54) is 0 Å². The Morgan fingerprint density at radius 1 is 1.00 bits per heavy atom. The molecule has 3 N–H and O–H groups in total. The summed E-state index contributed by atoms with van der Waals surface area (Å²) in [5.74, 6) is 0.284. The van der Waals surface area contributed by atoms with E-state index in [0.29, 0.717) is 0 Å². The summed E-state index contributed by atoms with van der Waals surface area (Å²) in [5.41, 5.74) is 0. The fourth-order valence-electron chi connectivity index (χ4n) is 3.26. The van der Waals surface area contributed by atoms with Crippen molar-refractivity contribution in [3.8, 4) is 0 Å². The number of hydrogen-bond donors (Lipinski definition) is 3. The third kappa shape index (κ3) is 1.38. The molecule has 2 saturated carbocycles. The molecule has 0 aliphatic heterocycles. The molecule has 2 aliphatic carbocycles. The molecule has 2 bridgehead atoms. The van der Waals surface area contributed by atoms with Crippen LogP contribution in [0.25, 0.3) is 0 Å². The quantitative estimate of drug-likeness (QED) is 0.622. The van der Waals surface area contributed by atoms with Crippen molar-refractivity contribution in [1.82, 2.24) is 0 Å². The first-order chi connectivity index (χ1) is 6.66. The molecule has 0 aromatic rings. The molecule has 0 spiro atoms. The highest BCUT2D eigenvalue weighted by Crippen LogP contribution is 2.50. The van der Waals surface area contributed by atoms with E-state index >= 15 is 0 Å². The predicted molar refractivity (Wildman–Crippen MR) is 52.6 cm³/mol. The summed E-state index contributed by atoms with van der Waals surface area (Å²) in [6, 6.07) is 0. The smallest absolute Gasteiger partial charge is 0.0854 e. The first kappa shape index (κ1) is 10.4. The molecule has 0 saturated heterocycles. The van der Waals surface area contributed by atoms with Crippen LogP contribution in [0.5, 0.6) is 0 Å². The van der Waals surface area contributed by atoms with Gasteiger partial charge in [-0.2, -0.15) is 0 Å². The molecule has 82 valence electrons. The van der Waals surface area contributed by atoms with E-state index in [4.69, 9.17) is 0 Å². The van der Waals surface area contributed by atoms with Crippen molar-refractivity contribution >= 4 is 0 Å². The summed E-state index contributed by atoms with van der Waals surface area (Å²) >= 11 is 0. The number of aliphatic hydroxyl groups excluding tert-OH is 3. The molecule has 0 radical (unpaired) electrons. The second-order valence-corrected chi connectivity index (χ2v) is 4.84. The molecule has 0 heterocycles. The van der Waals surface area contributed by atoms with Crippen molar-refractivity contribution in [2.45, 2.75) is 50.9 Å². The molecule has 0 aromatic carbocycles. The Kier molecular flexibility index (Phi) is 2.82. The largest absolute Gasteiger partial charge is 0.392 e. The Bertz CT molecular complexity index is 207. The number of rotatable bonds is 3. The Morgan fingerprint density at radius 2 is 1.64 bits per heavy atom. The monoisotopic (exact) mass is 200 g/mol. The first-order valence-corrected chi connectivity index (χ1v) is 5.71. The summed E-state index contributed by atoms with van der Waals surface area (Å²) in [5, 5.41) is 29.2. The van der Waals surface area contributed by atoms with Gasteiger partial charge in [0.15, 0.2) is 0 Å². The highest BCUT2D eigenvalue weighted by Gasteiger charge is 2.56. The summed E-state index contributed by atoms with van der Waals surface area (Å²) in [6.07, 6.45) is 2.36. The molecule has 6 unspecified atom stereocenters. The summed E-state index contributed by atoms with van der Waals surface area (Å²) < 4.78 is 0. The zero-order valence-corrected chi connectivity index (χ0v) is 8.63. The second-order valence-electron chi connectivity index (χ2n) is 4.84. The van der Waals surface area contributed by atoms with Crippen LogP contribution in [0.3, 0.4) is 0 Å². The molecule has 6 atom stereocenters. The normalized spacial score (nSPS) is 51.4. The van der Waals surface area contributed by atoms with E-state index in [-0.39, 0.29) is 23.9 Å². The van der Waals surface area contributed by atoms with Crippen molar-refractivity contribution in [2.75, 3.05) is 0 Å². The SMILES string of the molecule is CCCCC1C(O)C2CC1C(O)C2O. The Labute approximate surface area is 84.8 Å². The molecule has 3 heteroatoms. The standard InChI is InChI=1S/C11H20O3/c1-2-3-4-6-7-5-8(9(6)12)11(14)10(7)13/h6-14H,2-5H2,1H3. The average Bonchev–Trinajstić information content (AvgIpc) is 2.63. The maximum Gasteiger partial charge on any atom is 0.0854 e. The van der Waals surface area contributed by atoms with Crippen molar-refractivity contribution in [3.05, 3.63) is 0 Å². The van der Waals surface area contributed by atoms with Gasteiger partial charge in [0, 0.05) is 5.92 Å². The van der Waals surface area contributed by atoms with Gasteiger partial charge in [-0.25, -0.2) is 0 Å². The zero-order chi connectivity index (χ0) is 10.3. The van der Waals surface area contributed by atoms with Gasteiger partial charge in [-0.3, -0.25) is 0 Å². The lowest BCUT2D eigenvalue weighted by Gasteiger charge is -2.33. The summed E-state index contributed by atoms with van der Waals surface area (Å²) in [6.45, 7) is 2.13. The van der Waals surface area contributed by atoms with Gasteiger partial charge in [0.25, 0.3) is 0 Å². The van der Waals surface area contributed by atoms with Gasteiger partial charge in [0.05, 0.1) is 18.3 Å². The molecule has 0 amide bonds. The molecule has 14 heavy (non-hydrogen) atoms. The van der Waals surface area contributed by atoms with E-state index in [1.807, 2.05) is 0 Å². The summed E-state index contributed by atoms with van der Waals surface area (Å²) in [4.78, 5) is 0. The molecular weight excluding hydrogens is 180 g/mol. The number of aliphatic hydroxyl groups is 3. The Hall–Kier alpha value is -0.120. The van der Waals surface area contributed by atoms with E-state index in [2.05, 4.69) is 6.92 Å². The highest BCUT2D eigenvalue weighted by atomic mass is 16.3. The summed E-state index contributed by atoms with van der Waals surface area (Å²) in [7, 11) is 0. The maximum atomic E-state index is 9.92. The molecule has 2 rings (SSSR count). The lowest BCUT2D eigenvalue weighted by Crippen LogP contribution is -2.44. The van der Waals surface area contributed by atoms with Crippen molar-refractivity contribution in [1.29, 1.82) is 0 Å². The number of hydrogen-bond acceptors (Lipinski definition) is 3. The predicted octanol–water partition coefficient (Wildman–Crippen LogP) is 0.525. The van der Waals surface area contributed by atoms with Gasteiger partial charge in [0.1, 0.15) is 0 Å². The van der Waals surface area contributed by atoms with Gasteiger partial charge in [0.2, 0.25) is 0 Å². The highest BCUT2D eigenvalue weighted by molar-refractivity contribution is 5.05. The first-order valence-electron chi connectivity index (χ1n) is 5.71. The van der Waals surface area contributed by atoms with Crippen LogP contribution < -0.4 is 0 Å². The van der Waals surface area contributed by atoms with Crippen molar-refractivity contribution in [3.63, 3.8) is 0 Å². The lowest BCUT2D eigenvalue weighted by atomic mass is 9.80. The minimum Gasteiger partial charge on any atom is -0.392 e. The van der Waals surface area contributed by atoms with Crippen LogP contribution in [0.2, 0.25) is 0 Å². The molecule has 3 nitrogen and oxygen atoms in total.